The Morgan fingerprint density at radius 3 is 2.21 bits per heavy atom. The van der Waals surface area contributed by atoms with Gasteiger partial charge in [-0.15, -0.1) is 0 Å². The molecule has 0 amide bonds. The Balaban J connectivity index is 3.00. The monoisotopic (exact) mass is 268 g/mol. The molecule has 106 valence electrons. The highest BCUT2D eigenvalue weighted by Gasteiger charge is 2.37. The molecule has 0 fully saturated rings. The Hall–Kier alpha value is -1.75. The predicted octanol–water partition coefficient (Wildman–Crippen LogP) is 2.11. The van der Waals surface area contributed by atoms with Crippen molar-refractivity contribution in [3.63, 3.8) is 0 Å². The van der Waals surface area contributed by atoms with Crippen LogP contribution in [0.2, 0.25) is 0 Å². The summed E-state index contributed by atoms with van der Waals surface area (Å²) in [6.45, 7) is 6.74. The lowest BCUT2D eigenvalue weighted by atomic mass is 9.89. The zero-order valence-electron chi connectivity index (χ0n) is 11.9. The summed E-state index contributed by atoms with van der Waals surface area (Å²) in [4.78, 5) is 11.3. The highest BCUT2D eigenvalue weighted by Crippen LogP contribution is 2.31. The molecule has 0 bridgehead atoms. The molecule has 19 heavy (non-hydrogen) atoms. The van der Waals surface area contributed by atoms with E-state index in [4.69, 9.17) is 4.74 Å². The van der Waals surface area contributed by atoms with Gasteiger partial charge in [0.25, 0.3) is 0 Å². The van der Waals surface area contributed by atoms with Gasteiger partial charge in [0, 0.05) is 6.07 Å². The van der Waals surface area contributed by atoms with E-state index in [1.54, 1.807) is 33.8 Å². The molecule has 1 aromatic carbocycles. The molecule has 0 aliphatic rings. The fourth-order valence-corrected chi connectivity index (χ4v) is 1.28. The number of phenols is 1. The van der Waals surface area contributed by atoms with E-state index in [0.29, 0.717) is 5.75 Å². The number of methoxy groups -OCH3 is 1. The third-order valence-corrected chi connectivity index (χ3v) is 3.22. The van der Waals surface area contributed by atoms with Gasteiger partial charge >= 0.3 is 5.97 Å². The van der Waals surface area contributed by atoms with Gasteiger partial charge in [-0.2, -0.15) is 0 Å². The number of phenolic OH excluding ortho intramolecular Hbond substituents is 1. The lowest BCUT2D eigenvalue weighted by molar-refractivity contribution is -0.0907. The summed E-state index contributed by atoms with van der Waals surface area (Å²) in [5.41, 5.74) is -1.86. The van der Waals surface area contributed by atoms with Gasteiger partial charge in [-0.05, 0) is 39.8 Å². The molecule has 0 saturated carbocycles. The maximum Gasteiger partial charge on any atom is 0.341 e. The molecule has 0 radical (unpaired) electrons. The topological polar surface area (TPSA) is 76.0 Å². The van der Waals surface area contributed by atoms with Crippen LogP contribution in [0.5, 0.6) is 11.5 Å². The zero-order chi connectivity index (χ0) is 14.8. The third-order valence-electron chi connectivity index (χ3n) is 3.22. The number of rotatable bonds is 4. The fraction of sp³-hybridized carbons (Fsp3) is 0.500. The van der Waals surface area contributed by atoms with E-state index >= 15 is 0 Å². The van der Waals surface area contributed by atoms with Crippen LogP contribution >= 0.6 is 0 Å². The Labute approximate surface area is 112 Å². The number of carbonyl (C=O) groups excluding carboxylic acids is 1. The number of hydrogen-bond acceptors (Lipinski definition) is 5. The van der Waals surface area contributed by atoms with Gasteiger partial charge in [0.1, 0.15) is 22.7 Å². The van der Waals surface area contributed by atoms with E-state index in [2.05, 4.69) is 4.74 Å². The van der Waals surface area contributed by atoms with E-state index < -0.39 is 17.2 Å². The van der Waals surface area contributed by atoms with Gasteiger partial charge in [-0.3, -0.25) is 0 Å². The highest BCUT2D eigenvalue weighted by atomic mass is 16.5. The number of ether oxygens (including phenoxy) is 2. The summed E-state index contributed by atoms with van der Waals surface area (Å²) >= 11 is 0. The van der Waals surface area contributed by atoms with Crippen LogP contribution < -0.4 is 4.74 Å². The van der Waals surface area contributed by atoms with Crippen LogP contribution in [0.4, 0.5) is 0 Å². The first kappa shape index (κ1) is 15.3. The minimum absolute atomic E-state index is 0.0657. The van der Waals surface area contributed by atoms with Crippen molar-refractivity contribution in [3.05, 3.63) is 23.8 Å². The second-order valence-corrected chi connectivity index (χ2v) is 5.34. The molecule has 0 atom stereocenters. The van der Waals surface area contributed by atoms with Crippen LogP contribution in [0.15, 0.2) is 18.2 Å². The van der Waals surface area contributed by atoms with Gasteiger partial charge in [0.15, 0.2) is 0 Å². The Morgan fingerprint density at radius 2 is 1.79 bits per heavy atom. The third kappa shape index (κ3) is 3.38. The molecule has 2 N–H and O–H groups in total. The summed E-state index contributed by atoms with van der Waals surface area (Å²) in [6, 6.07) is 4.27. The first-order valence-corrected chi connectivity index (χ1v) is 5.91. The maximum absolute atomic E-state index is 11.3. The number of aliphatic hydroxyl groups is 1. The van der Waals surface area contributed by atoms with Gasteiger partial charge < -0.3 is 19.7 Å². The average molecular weight is 268 g/mol. The quantitative estimate of drug-likeness (QED) is 0.818. The number of esters is 1. The lowest BCUT2D eigenvalue weighted by Crippen LogP contribution is -2.49. The van der Waals surface area contributed by atoms with Gasteiger partial charge in [-0.25, -0.2) is 4.79 Å². The molecule has 0 aliphatic carbocycles. The van der Waals surface area contributed by atoms with Crippen LogP contribution in [0.1, 0.15) is 38.1 Å². The summed E-state index contributed by atoms with van der Waals surface area (Å²) in [7, 11) is 1.24. The molecule has 1 rings (SSSR count). The number of carbonyl (C=O) groups is 1. The molecule has 0 heterocycles. The molecule has 0 aromatic heterocycles. The van der Waals surface area contributed by atoms with Crippen molar-refractivity contribution in [1.29, 1.82) is 0 Å². The number of benzene rings is 1. The SMILES string of the molecule is COC(=O)c1ccc(OC(C)(C)C(C)(C)O)cc1O. The molecule has 5 heteroatoms. The molecular weight excluding hydrogens is 248 g/mol. The van der Waals surface area contributed by atoms with Crippen molar-refractivity contribution in [2.45, 2.75) is 38.9 Å². The van der Waals surface area contributed by atoms with Crippen molar-refractivity contribution >= 4 is 5.97 Å². The van der Waals surface area contributed by atoms with E-state index in [-0.39, 0.29) is 11.3 Å². The van der Waals surface area contributed by atoms with Crippen LogP contribution in [-0.4, -0.2) is 34.5 Å². The van der Waals surface area contributed by atoms with E-state index in [9.17, 15) is 15.0 Å². The van der Waals surface area contributed by atoms with E-state index in [0.717, 1.165) is 0 Å². The molecule has 0 unspecified atom stereocenters. The van der Waals surface area contributed by atoms with Gasteiger partial charge in [-0.1, -0.05) is 0 Å². The molecule has 5 nitrogen and oxygen atoms in total. The molecule has 0 saturated heterocycles. The lowest BCUT2D eigenvalue weighted by Gasteiger charge is -2.37. The van der Waals surface area contributed by atoms with Crippen molar-refractivity contribution in [3.8, 4) is 11.5 Å². The molecule has 0 spiro atoms. The van der Waals surface area contributed by atoms with Crippen LogP contribution in [-0.2, 0) is 4.74 Å². The van der Waals surface area contributed by atoms with Gasteiger partial charge in [0.05, 0.1) is 12.7 Å². The normalized spacial score (nSPS) is 12.1. The molecular formula is C14H20O5. The van der Waals surface area contributed by atoms with Crippen molar-refractivity contribution < 1.29 is 24.5 Å². The van der Waals surface area contributed by atoms with Crippen molar-refractivity contribution in [2.24, 2.45) is 0 Å². The summed E-state index contributed by atoms with van der Waals surface area (Å²) in [6.07, 6.45) is 0. The fourth-order valence-electron chi connectivity index (χ4n) is 1.28. The minimum Gasteiger partial charge on any atom is -0.507 e. The minimum atomic E-state index is -1.07. The van der Waals surface area contributed by atoms with E-state index in [1.165, 1.54) is 19.2 Å². The summed E-state index contributed by atoms with van der Waals surface area (Å²) in [5, 5.41) is 19.7. The van der Waals surface area contributed by atoms with Crippen molar-refractivity contribution in [2.75, 3.05) is 7.11 Å². The maximum atomic E-state index is 11.3. The van der Waals surface area contributed by atoms with Gasteiger partial charge in [0.2, 0.25) is 0 Å². The van der Waals surface area contributed by atoms with Crippen LogP contribution in [0.3, 0.4) is 0 Å². The second-order valence-electron chi connectivity index (χ2n) is 5.34. The smallest absolute Gasteiger partial charge is 0.341 e. The van der Waals surface area contributed by atoms with Crippen molar-refractivity contribution in [1.82, 2.24) is 0 Å². The first-order valence-electron chi connectivity index (χ1n) is 5.91. The van der Waals surface area contributed by atoms with E-state index in [1.807, 2.05) is 0 Å². The summed E-state index contributed by atoms with van der Waals surface area (Å²) in [5.74, 6) is -0.487. The molecule has 1 aromatic rings. The summed E-state index contributed by atoms with van der Waals surface area (Å²) < 4.78 is 10.2. The second kappa shape index (κ2) is 5.09. The largest absolute Gasteiger partial charge is 0.507 e. The first-order chi connectivity index (χ1) is 8.58. The standard InChI is InChI=1S/C14H20O5/c1-13(2,17)14(3,4)19-9-6-7-10(11(15)8-9)12(16)18-5/h6-8,15,17H,1-5H3. The molecule has 0 aliphatic heterocycles. The predicted molar refractivity (Wildman–Crippen MR) is 70.5 cm³/mol. The number of aromatic hydroxyl groups is 1. The zero-order valence-corrected chi connectivity index (χ0v) is 11.9. The van der Waals surface area contributed by atoms with Crippen LogP contribution in [0.25, 0.3) is 0 Å². The highest BCUT2D eigenvalue weighted by molar-refractivity contribution is 5.92. The Morgan fingerprint density at radius 1 is 1.21 bits per heavy atom. The Kier molecular flexibility index (Phi) is 4.10. The average Bonchev–Trinajstić information content (AvgIpc) is 2.26. The number of hydrogen-bond donors (Lipinski definition) is 2. The van der Waals surface area contributed by atoms with Crippen LogP contribution in [0, 0.1) is 0 Å². The Bertz CT molecular complexity index is 471.